The van der Waals surface area contributed by atoms with Crippen molar-refractivity contribution >= 4 is 15.9 Å². The summed E-state index contributed by atoms with van der Waals surface area (Å²) in [5.74, 6) is -0.321. The maximum absolute atomic E-state index is 9.51. The van der Waals surface area contributed by atoms with Gasteiger partial charge >= 0.3 is 0 Å². The molecule has 4 heteroatoms. The van der Waals surface area contributed by atoms with Crippen LogP contribution in [0.2, 0.25) is 0 Å². The van der Waals surface area contributed by atoms with Gasteiger partial charge in [-0.25, -0.2) is 0 Å². The van der Waals surface area contributed by atoms with E-state index < -0.39 is 5.54 Å². The number of rotatable bonds is 1. The number of hydrogen-bond donors (Lipinski definition) is 3. The van der Waals surface area contributed by atoms with Crippen molar-refractivity contribution in [2.24, 2.45) is 5.73 Å². The van der Waals surface area contributed by atoms with E-state index in [-0.39, 0.29) is 11.5 Å². The van der Waals surface area contributed by atoms with Crippen LogP contribution in [0.4, 0.5) is 0 Å². The third-order valence-electron chi connectivity index (χ3n) is 1.75. The molecule has 0 fully saturated rings. The van der Waals surface area contributed by atoms with E-state index in [0.717, 1.165) is 0 Å². The standard InChI is InChI=1S/C9H12BrNO2/c1-9(2,11)6-3-5(10)4-7(12)8(6)13/h3-4,12-13H,11H2,1-2H3. The lowest BCUT2D eigenvalue weighted by molar-refractivity contribution is 0.386. The van der Waals surface area contributed by atoms with Crippen LogP contribution in [0.1, 0.15) is 19.4 Å². The third-order valence-corrected chi connectivity index (χ3v) is 2.21. The van der Waals surface area contributed by atoms with Gasteiger partial charge in [0.1, 0.15) is 0 Å². The predicted octanol–water partition coefficient (Wildman–Crippen LogP) is 2.05. The molecule has 1 rings (SSSR count). The smallest absolute Gasteiger partial charge is 0.162 e. The first-order valence-electron chi connectivity index (χ1n) is 3.83. The fourth-order valence-electron chi connectivity index (χ4n) is 1.08. The fraction of sp³-hybridized carbons (Fsp3) is 0.333. The van der Waals surface area contributed by atoms with Gasteiger partial charge in [0.05, 0.1) is 0 Å². The van der Waals surface area contributed by atoms with Crippen molar-refractivity contribution < 1.29 is 10.2 Å². The quantitative estimate of drug-likeness (QED) is 0.664. The molecule has 13 heavy (non-hydrogen) atoms. The van der Waals surface area contributed by atoms with E-state index in [2.05, 4.69) is 15.9 Å². The van der Waals surface area contributed by atoms with E-state index >= 15 is 0 Å². The number of phenols is 2. The van der Waals surface area contributed by atoms with Crippen molar-refractivity contribution in [3.8, 4) is 11.5 Å². The second-order valence-corrected chi connectivity index (χ2v) is 4.46. The molecule has 0 aliphatic carbocycles. The van der Waals surface area contributed by atoms with E-state index in [9.17, 15) is 10.2 Å². The zero-order valence-corrected chi connectivity index (χ0v) is 9.09. The summed E-state index contributed by atoms with van der Waals surface area (Å²) >= 11 is 3.21. The van der Waals surface area contributed by atoms with Gasteiger partial charge in [-0.1, -0.05) is 15.9 Å². The van der Waals surface area contributed by atoms with Gasteiger partial charge in [0.2, 0.25) is 0 Å². The fourth-order valence-corrected chi connectivity index (χ4v) is 1.52. The Kier molecular flexibility index (Phi) is 2.54. The molecule has 0 saturated heterocycles. The van der Waals surface area contributed by atoms with Crippen LogP contribution in [-0.4, -0.2) is 10.2 Å². The summed E-state index contributed by atoms with van der Waals surface area (Å²) in [6, 6.07) is 3.11. The molecule has 0 amide bonds. The number of aromatic hydroxyl groups is 2. The first kappa shape index (κ1) is 10.3. The summed E-state index contributed by atoms with van der Waals surface area (Å²) < 4.78 is 0.691. The normalized spacial score (nSPS) is 11.7. The molecular weight excluding hydrogens is 234 g/mol. The van der Waals surface area contributed by atoms with Crippen LogP contribution in [0.15, 0.2) is 16.6 Å². The van der Waals surface area contributed by atoms with Crippen LogP contribution in [0.25, 0.3) is 0 Å². The van der Waals surface area contributed by atoms with Gasteiger partial charge in [0.25, 0.3) is 0 Å². The Morgan fingerprint density at radius 3 is 2.31 bits per heavy atom. The molecule has 3 nitrogen and oxygen atoms in total. The van der Waals surface area contributed by atoms with Gasteiger partial charge in [0, 0.05) is 15.6 Å². The molecule has 0 bridgehead atoms. The highest BCUT2D eigenvalue weighted by Gasteiger charge is 2.21. The van der Waals surface area contributed by atoms with Gasteiger partial charge in [-0.15, -0.1) is 0 Å². The number of hydrogen-bond acceptors (Lipinski definition) is 3. The molecule has 1 aromatic carbocycles. The molecule has 4 N–H and O–H groups in total. The van der Waals surface area contributed by atoms with Crippen molar-refractivity contribution in [1.29, 1.82) is 0 Å². The van der Waals surface area contributed by atoms with E-state index in [1.54, 1.807) is 19.9 Å². The largest absolute Gasteiger partial charge is 0.504 e. The van der Waals surface area contributed by atoms with Gasteiger partial charge < -0.3 is 15.9 Å². The summed E-state index contributed by atoms with van der Waals surface area (Å²) in [5, 5.41) is 18.8. The van der Waals surface area contributed by atoms with Gasteiger partial charge in [-0.3, -0.25) is 0 Å². The number of phenolic OH excluding ortho intramolecular Hbond substituents is 2. The summed E-state index contributed by atoms with van der Waals surface area (Å²) in [6.45, 7) is 3.52. The van der Waals surface area contributed by atoms with Crippen molar-refractivity contribution in [2.45, 2.75) is 19.4 Å². The van der Waals surface area contributed by atoms with Gasteiger partial charge in [-0.2, -0.15) is 0 Å². The number of halogens is 1. The Morgan fingerprint density at radius 2 is 1.85 bits per heavy atom. The summed E-state index contributed by atoms with van der Waals surface area (Å²) in [4.78, 5) is 0. The monoisotopic (exact) mass is 245 g/mol. The van der Waals surface area contributed by atoms with Crippen molar-refractivity contribution in [3.63, 3.8) is 0 Å². The second-order valence-electron chi connectivity index (χ2n) is 3.54. The van der Waals surface area contributed by atoms with Crippen LogP contribution in [-0.2, 0) is 5.54 Å². The predicted molar refractivity (Wildman–Crippen MR) is 54.7 cm³/mol. The van der Waals surface area contributed by atoms with Crippen LogP contribution in [0.3, 0.4) is 0 Å². The van der Waals surface area contributed by atoms with Crippen LogP contribution < -0.4 is 5.73 Å². The lowest BCUT2D eigenvalue weighted by Gasteiger charge is -2.21. The SMILES string of the molecule is CC(C)(N)c1cc(Br)cc(O)c1O. The minimum absolute atomic E-state index is 0.157. The highest BCUT2D eigenvalue weighted by Crippen LogP contribution is 2.37. The second kappa shape index (κ2) is 3.20. The van der Waals surface area contributed by atoms with E-state index in [1.807, 2.05) is 0 Å². The van der Waals surface area contributed by atoms with Gasteiger partial charge in [0.15, 0.2) is 11.5 Å². The minimum atomic E-state index is -0.675. The maximum Gasteiger partial charge on any atom is 0.162 e. The molecule has 0 aromatic heterocycles. The minimum Gasteiger partial charge on any atom is -0.504 e. The number of nitrogens with two attached hydrogens (primary N) is 1. The summed E-state index contributed by atoms with van der Waals surface area (Å²) in [7, 11) is 0. The molecule has 0 aliphatic heterocycles. The Bertz CT molecular complexity index is 331. The molecule has 72 valence electrons. The average molecular weight is 246 g/mol. The molecule has 0 atom stereocenters. The maximum atomic E-state index is 9.51. The zero-order chi connectivity index (χ0) is 10.2. The Labute approximate surface area is 85.3 Å². The average Bonchev–Trinajstić information content (AvgIpc) is 1.94. The highest BCUT2D eigenvalue weighted by atomic mass is 79.9. The molecule has 0 spiro atoms. The Balaban J connectivity index is 3.37. The van der Waals surface area contributed by atoms with Gasteiger partial charge in [-0.05, 0) is 26.0 Å². The summed E-state index contributed by atoms with van der Waals surface area (Å²) in [6.07, 6.45) is 0. The molecule has 1 aromatic rings. The van der Waals surface area contributed by atoms with Crippen molar-refractivity contribution in [3.05, 3.63) is 22.2 Å². The summed E-state index contributed by atoms with van der Waals surface area (Å²) in [5.41, 5.74) is 5.64. The molecule has 0 heterocycles. The first-order valence-corrected chi connectivity index (χ1v) is 4.62. The van der Waals surface area contributed by atoms with E-state index in [0.29, 0.717) is 10.0 Å². The molecule has 0 aliphatic rings. The lowest BCUT2D eigenvalue weighted by atomic mass is 9.94. The van der Waals surface area contributed by atoms with E-state index in [4.69, 9.17) is 5.73 Å². The van der Waals surface area contributed by atoms with Crippen molar-refractivity contribution in [1.82, 2.24) is 0 Å². The first-order chi connectivity index (χ1) is 5.82. The molecule has 0 radical (unpaired) electrons. The third kappa shape index (κ3) is 2.14. The van der Waals surface area contributed by atoms with Crippen LogP contribution in [0.5, 0.6) is 11.5 Å². The number of benzene rings is 1. The Morgan fingerprint density at radius 1 is 1.31 bits per heavy atom. The van der Waals surface area contributed by atoms with Crippen LogP contribution >= 0.6 is 15.9 Å². The Hall–Kier alpha value is -0.740. The van der Waals surface area contributed by atoms with E-state index in [1.165, 1.54) is 6.07 Å². The molecule has 0 saturated carbocycles. The molecular formula is C9H12BrNO2. The lowest BCUT2D eigenvalue weighted by Crippen LogP contribution is -2.28. The topological polar surface area (TPSA) is 66.5 Å². The highest BCUT2D eigenvalue weighted by molar-refractivity contribution is 9.10. The molecule has 0 unspecified atom stereocenters. The van der Waals surface area contributed by atoms with Crippen molar-refractivity contribution in [2.75, 3.05) is 0 Å². The zero-order valence-electron chi connectivity index (χ0n) is 7.50. The van der Waals surface area contributed by atoms with Crippen LogP contribution in [0, 0.1) is 0 Å².